The van der Waals surface area contributed by atoms with E-state index in [0.29, 0.717) is 19.0 Å². The molecule has 0 spiro atoms. The molecule has 1 aliphatic rings. The fraction of sp³-hybridized carbons (Fsp3) is 0.273. The molecule has 0 saturated carbocycles. The minimum Gasteiger partial charge on any atom is -0.458 e. The number of morpholine rings is 1. The van der Waals surface area contributed by atoms with E-state index in [-0.39, 0.29) is 0 Å². The van der Waals surface area contributed by atoms with Crippen LogP contribution in [0.5, 0.6) is 0 Å². The van der Waals surface area contributed by atoms with Crippen LogP contribution in [0.4, 0.5) is 5.69 Å². The van der Waals surface area contributed by atoms with Crippen molar-refractivity contribution in [2.75, 3.05) is 25.6 Å². The molecule has 1 saturated heterocycles. The smallest absolute Gasteiger partial charge is 0.376 e. The monoisotopic (exact) mass is 297 g/mol. The minimum absolute atomic E-state index is 0.291. The van der Waals surface area contributed by atoms with E-state index in [1.54, 1.807) is 4.90 Å². The van der Waals surface area contributed by atoms with Crippen LogP contribution in [0.3, 0.4) is 0 Å². The van der Waals surface area contributed by atoms with Crippen molar-refractivity contribution >= 4 is 33.4 Å². The third kappa shape index (κ3) is 2.97. The summed E-state index contributed by atoms with van der Waals surface area (Å²) in [4.78, 5) is 13.2. The molecule has 1 heterocycles. The zero-order valence-electron chi connectivity index (χ0n) is 9.31. The Morgan fingerprint density at radius 3 is 2.76 bits per heavy atom. The fourth-order valence-electron chi connectivity index (χ4n) is 1.37. The highest BCUT2D eigenvalue weighted by Gasteiger charge is 2.23. The number of halogens is 1. The number of anilines is 1. The van der Waals surface area contributed by atoms with E-state index in [1.165, 1.54) is 0 Å². The maximum Gasteiger partial charge on any atom is 0.376 e. The summed E-state index contributed by atoms with van der Waals surface area (Å²) in [5.74, 6) is -0.109. The predicted molar refractivity (Wildman–Crippen MR) is 68.8 cm³/mol. The molecule has 1 fully saturated rings. The highest BCUT2D eigenvalue weighted by molar-refractivity contribution is 9.10. The number of esters is 1. The van der Waals surface area contributed by atoms with Crippen molar-refractivity contribution in [3.8, 4) is 0 Å². The molecule has 0 unspecified atom stereocenters. The lowest BCUT2D eigenvalue weighted by Crippen LogP contribution is -2.43. The van der Waals surface area contributed by atoms with Crippen LogP contribution in [-0.2, 0) is 9.53 Å². The Morgan fingerprint density at radius 1 is 1.41 bits per heavy atom. The van der Waals surface area contributed by atoms with E-state index in [9.17, 15) is 4.79 Å². The molecule has 2 rings (SSSR count). The lowest BCUT2D eigenvalue weighted by atomic mass is 10.3. The molecule has 0 bridgehead atoms. The highest BCUT2D eigenvalue weighted by Crippen LogP contribution is 2.14. The van der Waals surface area contributed by atoms with E-state index >= 15 is 0 Å². The quantitative estimate of drug-likeness (QED) is 0.666. The van der Waals surface area contributed by atoms with Gasteiger partial charge in [0.25, 0.3) is 0 Å². The van der Waals surface area contributed by atoms with Gasteiger partial charge in [-0.2, -0.15) is 0 Å². The molecule has 17 heavy (non-hydrogen) atoms. The molecule has 0 amide bonds. The van der Waals surface area contributed by atoms with Gasteiger partial charge in [0.15, 0.2) is 0 Å². The number of nitrogens with zero attached hydrogens (tertiary/aromatic N) is 2. The Morgan fingerprint density at radius 2 is 2.12 bits per heavy atom. The summed E-state index contributed by atoms with van der Waals surface area (Å²) in [5.41, 5.74) is 3.64. The lowest BCUT2D eigenvalue weighted by Gasteiger charge is -2.24. The number of amidine groups is 1. The van der Waals surface area contributed by atoms with Gasteiger partial charge in [-0.15, -0.1) is 5.10 Å². The number of likely N-dealkylation sites (N-methyl/N-ethyl adjacent to an activating group) is 1. The van der Waals surface area contributed by atoms with Gasteiger partial charge in [0, 0.05) is 11.5 Å². The van der Waals surface area contributed by atoms with Gasteiger partial charge >= 0.3 is 5.97 Å². The molecular weight excluding hydrogens is 286 g/mol. The van der Waals surface area contributed by atoms with Gasteiger partial charge in [0.1, 0.15) is 6.61 Å². The van der Waals surface area contributed by atoms with Crippen molar-refractivity contribution in [2.24, 2.45) is 5.10 Å². The number of hydrazone groups is 1. The fourth-order valence-corrected chi connectivity index (χ4v) is 1.64. The number of cyclic esters (lactones) is 1. The van der Waals surface area contributed by atoms with Gasteiger partial charge in [-0.25, -0.2) is 4.79 Å². The molecule has 5 nitrogen and oxygen atoms in total. The first-order valence-electron chi connectivity index (χ1n) is 5.14. The van der Waals surface area contributed by atoms with Crippen molar-refractivity contribution in [3.05, 3.63) is 28.7 Å². The SMILES string of the molecule is CN1CCOC(=O)C1=NNc1ccc(Br)cc1. The van der Waals surface area contributed by atoms with Crippen molar-refractivity contribution < 1.29 is 9.53 Å². The van der Waals surface area contributed by atoms with Crippen LogP contribution in [0.1, 0.15) is 0 Å². The maximum absolute atomic E-state index is 11.4. The third-order valence-electron chi connectivity index (χ3n) is 2.34. The van der Waals surface area contributed by atoms with E-state index in [2.05, 4.69) is 26.5 Å². The van der Waals surface area contributed by atoms with Gasteiger partial charge in [-0.3, -0.25) is 5.43 Å². The Kier molecular flexibility index (Phi) is 3.63. The Hall–Kier alpha value is -1.56. The summed E-state index contributed by atoms with van der Waals surface area (Å²) in [6.45, 7) is 1.07. The van der Waals surface area contributed by atoms with Crippen molar-refractivity contribution in [3.63, 3.8) is 0 Å². The molecule has 1 aromatic rings. The summed E-state index contributed by atoms with van der Waals surface area (Å²) in [6.07, 6.45) is 0. The number of hydrogen-bond acceptors (Lipinski definition) is 4. The highest BCUT2D eigenvalue weighted by atomic mass is 79.9. The van der Waals surface area contributed by atoms with Crippen molar-refractivity contribution in [1.29, 1.82) is 0 Å². The van der Waals surface area contributed by atoms with Gasteiger partial charge < -0.3 is 9.64 Å². The summed E-state index contributed by atoms with van der Waals surface area (Å²) in [7, 11) is 1.81. The Labute approximate surface area is 108 Å². The first-order chi connectivity index (χ1) is 8.16. The zero-order chi connectivity index (χ0) is 12.3. The first kappa shape index (κ1) is 11.9. The molecule has 1 aliphatic heterocycles. The molecule has 90 valence electrons. The van der Waals surface area contributed by atoms with Gasteiger partial charge in [-0.05, 0) is 24.3 Å². The van der Waals surface area contributed by atoms with Crippen LogP contribution in [0, 0.1) is 0 Å². The average molecular weight is 298 g/mol. The van der Waals surface area contributed by atoms with Gasteiger partial charge in [-0.1, -0.05) is 15.9 Å². The second-order valence-electron chi connectivity index (χ2n) is 3.61. The largest absolute Gasteiger partial charge is 0.458 e. The topological polar surface area (TPSA) is 53.9 Å². The zero-order valence-corrected chi connectivity index (χ0v) is 10.9. The third-order valence-corrected chi connectivity index (χ3v) is 2.87. The number of ether oxygens (including phenoxy) is 1. The second-order valence-corrected chi connectivity index (χ2v) is 4.53. The lowest BCUT2D eigenvalue weighted by molar-refractivity contribution is -0.138. The van der Waals surface area contributed by atoms with E-state index < -0.39 is 5.97 Å². The molecule has 1 aromatic carbocycles. The number of benzene rings is 1. The molecule has 0 atom stereocenters. The van der Waals surface area contributed by atoms with Gasteiger partial charge in [0.05, 0.1) is 12.2 Å². The van der Waals surface area contributed by atoms with Crippen LogP contribution in [0.25, 0.3) is 0 Å². The van der Waals surface area contributed by atoms with Crippen LogP contribution in [0.15, 0.2) is 33.8 Å². The number of rotatable bonds is 2. The van der Waals surface area contributed by atoms with Crippen LogP contribution in [-0.4, -0.2) is 36.9 Å². The standard InChI is InChI=1S/C11H12BrN3O2/c1-15-6-7-17-11(16)10(15)14-13-9-4-2-8(12)3-5-9/h2-5,13H,6-7H2,1H3. The molecular formula is C11H12BrN3O2. The summed E-state index contributed by atoms with van der Waals surface area (Å²) < 4.78 is 5.90. The molecule has 0 radical (unpaired) electrons. The molecule has 0 aromatic heterocycles. The number of carbonyl (C=O) groups excluding carboxylic acids is 1. The Bertz CT molecular complexity index is 445. The predicted octanol–water partition coefficient (Wildman–Crippen LogP) is 1.66. The molecule has 6 heteroatoms. The number of nitrogens with one attached hydrogen (secondary N) is 1. The van der Waals surface area contributed by atoms with Crippen LogP contribution >= 0.6 is 15.9 Å². The van der Waals surface area contributed by atoms with Crippen LogP contribution in [0.2, 0.25) is 0 Å². The van der Waals surface area contributed by atoms with E-state index in [4.69, 9.17) is 4.74 Å². The Balaban J connectivity index is 2.08. The molecule has 0 aliphatic carbocycles. The maximum atomic E-state index is 11.4. The summed E-state index contributed by atoms with van der Waals surface area (Å²) >= 11 is 3.35. The van der Waals surface area contributed by atoms with Crippen molar-refractivity contribution in [2.45, 2.75) is 0 Å². The first-order valence-corrected chi connectivity index (χ1v) is 5.93. The number of hydrogen-bond donors (Lipinski definition) is 1. The van der Waals surface area contributed by atoms with E-state index in [0.717, 1.165) is 10.2 Å². The molecule has 1 N–H and O–H groups in total. The second kappa shape index (κ2) is 5.18. The minimum atomic E-state index is -0.400. The normalized spacial score (nSPS) is 18.1. The van der Waals surface area contributed by atoms with Gasteiger partial charge in [0.2, 0.25) is 5.84 Å². The summed E-state index contributed by atoms with van der Waals surface area (Å²) in [6, 6.07) is 7.52. The summed E-state index contributed by atoms with van der Waals surface area (Å²) in [5, 5.41) is 4.05. The average Bonchev–Trinajstić information content (AvgIpc) is 2.31. The van der Waals surface area contributed by atoms with E-state index in [1.807, 2.05) is 31.3 Å². The van der Waals surface area contributed by atoms with Crippen molar-refractivity contribution in [1.82, 2.24) is 4.90 Å². The van der Waals surface area contributed by atoms with Crippen LogP contribution < -0.4 is 5.43 Å². The number of carbonyl (C=O) groups is 1.